The van der Waals surface area contributed by atoms with Crippen LogP contribution in [0.4, 0.5) is 0 Å². The molecule has 0 atom stereocenters. The van der Waals surface area contributed by atoms with Gasteiger partial charge in [0, 0.05) is 12.7 Å². The van der Waals surface area contributed by atoms with Gasteiger partial charge < -0.3 is 10.6 Å². The monoisotopic (exact) mass is 176 g/mol. The van der Waals surface area contributed by atoms with Gasteiger partial charge in [-0.1, -0.05) is 13.1 Å². The first kappa shape index (κ1) is 9.91. The zero-order valence-electron chi connectivity index (χ0n) is 6.90. The lowest BCUT2D eigenvalue weighted by Crippen LogP contribution is -2.39. The Labute approximate surface area is 70.0 Å². The third kappa shape index (κ3) is 6.03. The minimum absolute atomic E-state index is 0.490. The van der Waals surface area contributed by atoms with Crippen LogP contribution in [0.2, 0.25) is 13.1 Å². The van der Waals surface area contributed by atoms with Gasteiger partial charge in [-0.25, -0.2) is 0 Å². The topological polar surface area (TPSA) is 24.1 Å². The van der Waals surface area contributed by atoms with Crippen LogP contribution in [0.15, 0.2) is 0 Å². The van der Waals surface area contributed by atoms with E-state index in [2.05, 4.69) is 23.7 Å². The minimum Gasteiger partial charge on any atom is -0.366 e. The predicted molar refractivity (Wildman–Crippen MR) is 53.2 cm³/mol. The summed E-state index contributed by atoms with van der Waals surface area (Å²) in [4.78, 5) is 0. The maximum absolute atomic E-state index is 4.97. The van der Waals surface area contributed by atoms with Crippen molar-refractivity contribution in [2.24, 2.45) is 0 Å². The predicted octanol–water partition coefficient (Wildman–Crippen LogP) is 0.496. The summed E-state index contributed by atoms with van der Waals surface area (Å²) in [5, 5.41) is 7.00. The van der Waals surface area contributed by atoms with Gasteiger partial charge in [0.1, 0.15) is 0 Å². The van der Waals surface area contributed by atoms with Crippen molar-refractivity contribution in [1.29, 1.82) is 0 Å². The molecular formula is C6H16N2SSi. The van der Waals surface area contributed by atoms with Crippen molar-refractivity contribution in [2.45, 2.75) is 20.0 Å². The molecule has 0 saturated heterocycles. The molecule has 0 amide bonds. The number of hydrogen-bond acceptors (Lipinski definition) is 1. The molecular weight excluding hydrogens is 160 g/mol. The molecule has 0 spiro atoms. The molecule has 4 heteroatoms. The highest BCUT2D eigenvalue weighted by molar-refractivity contribution is 7.80. The third-order valence-corrected chi connectivity index (χ3v) is 2.32. The Balaban J connectivity index is 3.22. The smallest absolute Gasteiger partial charge is 0.165 e. The van der Waals surface area contributed by atoms with Gasteiger partial charge in [-0.15, -0.1) is 0 Å². The quantitative estimate of drug-likeness (QED) is 0.484. The molecule has 2 N–H and O–H groups in total. The van der Waals surface area contributed by atoms with Crippen molar-refractivity contribution in [3.05, 3.63) is 0 Å². The van der Waals surface area contributed by atoms with E-state index < -0.39 is 8.80 Å². The summed E-state index contributed by atoms with van der Waals surface area (Å²) in [5.74, 6) is 0. The Bertz CT molecular complexity index is 106. The van der Waals surface area contributed by atoms with E-state index in [0.29, 0.717) is 0 Å². The first-order chi connectivity index (χ1) is 4.66. The van der Waals surface area contributed by atoms with Crippen LogP contribution in [-0.2, 0) is 0 Å². The average Bonchev–Trinajstić information content (AvgIpc) is 1.85. The van der Waals surface area contributed by atoms with Crippen molar-refractivity contribution in [2.75, 3.05) is 12.7 Å². The van der Waals surface area contributed by atoms with E-state index in [1.807, 2.05) is 6.92 Å². The van der Waals surface area contributed by atoms with Gasteiger partial charge in [0.15, 0.2) is 5.11 Å². The van der Waals surface area contributed by atoms with Crippen molar-refractivity contribution in [3.8, 4) is 0 Å². The van der Waals surface area contributed by atoms with Crippen LogP contribution in [0.1, 0.15) is 6.92 Å². The van der Waals surface area contributed by atoms with Gasteiger partial charge >= 0.3 is 0 Å². The van der Waals surface area contributed by atoms with Crippen LogP contribution in [0.3, 0.4) is 0 Å². The standard InChI is InChI=1S/C6H16N2SSi/c1-4-7-6(9)8-5-10(2)3/h10H,4-5H2,1-3H3,(H2,7,8,9). The molecule has 0 unspecified atom stereocenters. The first-order valence-electron chi connectivity index (χ1n) is 3.68. The Morgan fingerprint density at radius 1 is 1.40 bits per heavy atom. The van der Waals surface area contributed by atoms with Crippen LogP contribution in [0, 0.1) is 0 Å². The average molecular weight is 176 g/mol. The van der Waals surface area contributed by atoms with Gasteiger partial charge in [-0.2, -0.15) is 0 Å². The molecule has 0 saturated carbocycles. The highest BCUT2D eigenvalue weighted by atomic mass is 32.1. The van der Waals surface area contributed by atoms with E-state index >= 15 is 0 Å². The highest BCUT2D eigenvalue weighted by Gasteiger charge is 1.95. The number of thiocarbonyl (C=S) groups is 1. The number of nitrogens with one attached hydrogen (secondary N) is 2. The summed E-state index contributed by atoms with van der Waals surface area (Å²) >= 11 is 4.97. The summed E-state index contributed by atoms with van der Waals surface area (Å²) in [5.41, 5.74) is 0. The molecule has 0 aromatic carbocycles. The zero-order valence-corrected chi connectivity index (χ0v) is 8.87. The summed E-state index contributed by atoms with van der Waals surface area (Å²) in [6.07, 6.45) is 1.09. The van der Waals surface area contributed by atoms with Crippen molar-refractivity contribution in [3.63, 3.8) is 0 Å². The molecule has 0 bridgehead atoms. The SMILES string of the molecule is CCNC(=S)NC[SiH](C)C. The lowest BCUT2D eigenvalue weighted by atomic mass is 10.7. The van der Waals surface area contributed by atoms with Crippen LogP contribution < -0.4 is 10.6 Å². The third-order valence-electron chi connectivity index (χ3n) is 1.01. The molecule has 0 aliphatic rings. The fourth-order valence-electron chi connectivity index (χ4n) is 0.520. The molecule has 0 aliphatic heterocycles. The fourth-order valence-corrected chi connectivity index (χ4v) is 1.51. The molecule has 0 aromatic rings. The summed E-state index contributed by atoms with van der Waals surface area (Å²) in [6.45, 7) is 7.54. The maximum Gasteiger partial charge on any atom is 0.165 e. The Morgan fingerprint density at radius 3 is 2.40 bits per heavy atom. The van der Waals surface area contributed by atoms with Gasteiger partial charge in [-0.05, 0) is 19.1 Å². The Kier molecular flexibility index (Phi) is 5.62. The van der Waals surface area contributed by atoms with E-state index in [0.717, 1.165) is 17.8 Å². The van der Waals surface area contributed by atoms with E-state index in [9.17, 15) is 0 Å². The van der Waals surface area contributed by atoms with Crippen LogP contribution in [-0.4, -0.2) is 26.6 Å². The van der Waals surface area contributed by atoms with Gasteiger partial charge in [0.2, 0.25) is 0 Å². The van der Waals surface area contributed by atoms with Crippen LogP contribution in [0.5, 0.6) is 0 Å². The summed E-state index contributed by atoms with van der Waals surface area (Å²) in [7, 11) is -0.490. The number of hydrogen-bond donors (Lipinski definition) is 2. The van der Waals surface area contributed by atoms with E-state index in [1.54, 1.807) is 0 Å². The van der Waals surface area contributed by atoms with E-state index in [1.165, 1.54) is 0 Å². The second-order valence-electron chi connectivity index (χ2n) is 2.63. The minimum atomic E-state index is -0.490. The number of rotatable bonds is 3. The molecule has 0 rings (SSSR count). The molecule has 60 valence electrons. The Morgan fingerprint density at radius 2 is 2.00 bits per heavy atom. The molecule has 0 heterocycles. The Hall–Kier alpha value is -0.0931. The van der Waals surface area contributed by atoms with Crippen molar-refractivity contribution >= 4 is 26.1 Å². The fraction of sp³-hybridized carbons (Fsp3) is 0.833. The molecule has 0 fully saturated rings. The van der Waals surface area contributed by atoms with Gasteiger partial charge in [0.05, 0.1) is 8.80 Å². The zero-order chi connectivity index (χ0) is 7.98. The van der Waals surface area contributed by atoms with Crippen molar-refractivity contribution < 1.29 is 0 Å². The summed E-state index contributed by atoms with van der Waals surface area (Å²) < 4.78 is 0. The van der Waals surface area contributed by atoms with E-state index in [4.69, 9.17) is 12.2 Å². The first-order valence-corrected chi connectivity index (χ1v) is 7.22. The van der Waals surface area contributed by atoms with Crippen LogP contribution >= 0.6 is 12.2 Å². The highest BCUT2D eigenvalue weighted by Crippen LogP contribution is 1.74. The van der Waals surface area contributed by atoms with Gasteiger partial charge in [0.25, 0.3) is 0 Å². The van der Waals surface area contributed by atoms with E-state index in [-0.39, 0.29) is 0 Å². The normalized spacial score (nSPS) is 9.60. The lowest BCUT2D eigenvalue weighted by molar-refractivity contribution is 0.921. The molecule has 0 aliphatic carbocycles. The second kappa shape index (κ2) is 5.67. The summed E-state index contributed by atoms with van der Waals surface area (Å²) in [6, 6.07) is 0. The largest absolute Gasteiger partial charge is 0.366 e. The molecule has 0 aromatic heterocycles. The molecule has 0 radical (unpaired) electrons. The molecule has 2 nitrogen and oxygen atoms in total. The van der Waals surface area contributed by atoms with Crippen molar-refractivity contribution in [1.82, 2.24) is 10.6 Å². The van der Waals surface area contributed by atoms with Crippen LogP contribution in [0.25, 0.3) is 0 Å². The molecule has 10 heavy (non-hydrogen) atoms. The maximum atomic E-state index is 4.97. The lowest BCUT2D eigenvalue weighted by Gasteiger charge is -2.09. The second-order valence-corrected chi connectivity index (χ2v) is 6.24. The van der Waals surface area contributed by atoms with Gasteiger partial charge in [-0.3, -0.25) is 0 Å².